The van der Waals surface area contributed by atoms with Crippen LogP contribution in [0.3, 0.4) is 0 Å². The van der Waals surface area contributed by atoms with Crippen LogP contribution in [-0.4, -0.2) is 39.3 Å². The Morgan fingerprint density at radius 1 is 0.893 bits per heavy atom. The lowest BCUT2D eigenvalue weighted by Crippen LogP contribution is -2.30. The summed E-state index contributed by atoms with van der Waals surface area (Å²) in [6.45, 7) is 5.30. The summed E-state index contributed by atoms with van der Waals surface area (Å²) in [5.41, 5.74) is 2.69. The van der Waals surface area contributed by atoms with Crippen molar-refractivity contribution in [2.75, 3.05) is 26.6 Å². The number of amides is 1. The van der Waals surface area contributed by atoms with Crippen LogP contribution >= 0.6 is 0 Å². The fourth-order valence-electron chi connectivity index (χ4n) is 2.70. The molecule has 0 heterocycles. The first-order valence-corrected chi connectivity index (χ1v) is 8.70. The predicted molar refractivity (Wildman–Crippen MR) is 106 cm³/mol. The van der Waals surface area contributed by atoms with Gasteiger partial charge in [-0.1, -0.05) is 18.2 Å². The van der Waals surface area contributed by atoms with Crippen LogP contribution in [0.5, 0.6) is 17.2 Å². The lowest BCUT2D eigenvalue weighted by molar-refractivity contribution is -0.123. The summed E-state index contributed by atoms with van der Waals surface area (Å²) < 4.78 is 21.0. The number of rotatable bonds is 7. The summed E-state index contributed by atoms with van der Waals surface area (Å²) in [6.07, 6.45) is -1.01. The first-order valence-electron chi connectivity index (χ1n) is 8.70. The third kappa shape index (κ3) is 4.54. The fraction of sp³-hybridized carbons (Fsp3) is 0.333. The second-order valence-corrected chi connectivity index (χ2v) is 6.21. The molecule has 1 N–H and O–H groups in total. The van der Waals surface area contributed by atoms with Gasteiger partial charge in [0.25, 0.3) is 5.91 Å². The van der Waals surface area contributed by atoms with Crippen molar-refractivity contribution in [3.05, 3.63) is 47.0 Å². The predicted octanol–water partition coefficient (Wildman–Crippen LogP) is 3.51. The van der Waals surface area contributed by atoms with Crippen molar-refractivity contribution in [2.45, 2.75) is 26.9 Å². The van der Waals surface area contributed by atoms with E-state index >= 15 is 0 Å². The number of esters is 1. The molecule has 0 aliphatic rings. The molecule has 1 unspecified atom stereocenters. The van der Waals surface area contributed by atoms with Gasteiger partial charge in [0.2, 0.25) is 0 Å². The summed E-state index contributed by atoms with van der Waals surface area (Å²) in [5, 5.41) is 2.81. The van der Waals surface area contributed by atoms with Gasteiger partial charge in [0.05, 0.1) is 21.3 Å². The normalized spacial score (nSPS) is 11.4. The molecule has 0 fully saturated rings. The van der Waals surface area contributed by atoms with E-state index in [9.17, 15) is 9.59 Å². The molecule has 0 spiro atoms. The van der Waals surface area contributed by atoms with Gasteiger partial charge in [-0.3, -0.25) is 4.79 Å². The first kappa shape index (κ1) is 21.1. The maximum absolute atomic E-state index is 12.6. The van der Waals surface area contributed by atoms with Crippen LogP contribution < -0.4 is 19.5 Å². The number of aryl methyl sites for hydroxylation is 2. The van der Waals surface area contributed by atoms with Crippen molar-refractivity contribution in [2.24, 2.45) is 0 Å². The molecule has 1 atom stereocenters. The summed E-state index contributed by atoms with van der Waals surface area (Å²) in [6, 6.07) is 8.68. The zero-order valence-corrected chi connectivity index (χ0v) is 16.9. The van der Waals surface area contributed by atoms with Gasteiger partial charge in [-0.15, -0.1) is 0 Å². The number of benzene rings is 2. The van der Waals surface area contributed by atoms with Crippen molar-refractivity contribution >= 4 is 17.6 Å². The number of ether oxygens (including phenoxy) is 4. The van der Waals surface area contributed by atoms with E-state index in [2.05, 4.69) is 5.32 Å². The summed E-state index contributed by atoms with van der Waals surface area (Å²) in [5.74, 6) is -0.114. The monoisotopic (exact) mass is 387 g/mol. The fourth-order valence-corrected chi connectivity index (χ4v) is 2.70. The standard InChI is InChI=1S/C21H25NO6/c1-12-8-7-9-13(2)19(12)22-20(23)14(3)28-21(24)15-10-17(26-5)18(27-6)11-16(15)25-4/h7-11,14H,1-6H3,(H,22,23). The van der Waals surface area contributed by atoms with Gasteiger partial charge in [-0.05, 0) is 31.9 Å². The summed E-state index contributed by atoms with van der Waals surface area (Å²) in [4.78, 5) is 25.1. The molecular formula is C21H25NO6. The Kier molecular flexibility index (Phi) is 6.87. The average Bonchev–Trinajstić information content (AvgIpc) is 2.69. The van der Waals surface area contributed by atoms with Gasteiger partial charge < -0.3 is 24.3 Å². The molecule has 1 amide bonds. The zero-order chi connectivity index (χ0) is 20.8. The number of carbonyl (C=O) groups excluding carboxylic acids is 2. The maximum atomic E-state index is 12.6. The highest BCUT2D eigenvalue weighted by molar-refractivity contribution is 5.99. The lowest BCUT2D eigenvalue weighted by atomic mass is 10.1. The van der Waals surface area contributed by atoms with E-state index in [1.807, 2.05) is 32.0 Å². The number of anilines is 1. The zero-order valence-electron chi connectivity index (χ0n) is 16.9. The SMILES string of the molecule is COc1cc(OC)c(C(=O)OC(C)C(=O)Nc2c(C)cccc2C)cc1OC. The van der Waals surface area contributed by atoms with Gasteiger partial charge in [-0.25, -0.2) is 4.79 Å². The number of hydrogen-bond acceptors (Lipinski definition) is 6. The Morgan fingerprint density at radius 2 is 1.43 bits per heavy atom. The van der Waals surface area contributed by atoms with Gasteiger partial charge in [0.15, 0.2) is 17.6 Å². The van der Waals surface area contributed by atoms with Gasteiger partial charge in [-0.2, -0.15) is 0 Å². The Balaban J connectivity index is 2.18. The van der Waals surface area contributed by atoms with Crippen LogP contribution in [0.25, 0.3) is 0 Å². The molecule has 2 aromatic carbocycles. The highest BCUT2D eigenvalue weighted by atomic mass is 16.6. The molecule has 0 bridgehead atoms. The van der Waals surface area contributed by atoms with Crippen LogP contribution in [-0.2, 0) is 9.53 Å². The number of methoxy groups -OCH3 is 3. The third-order valence-corrected chi connectivity index (χ3v) is 4.31. The van der Waals surface area contributed by atoms with Gasteiger partial charge in [0.1, 0.15) is 11.3 Å². The molecule has 7 heteroatoms. The quantitative estimate of drug-likeness (QED) is 0.732. The van der Waals surface area contributed by atoms with E-state index in [0.29, 0.717) is 17.2 Å². The molecule has 0 saturated heterocycles. The highest BCUT2D eigenvalue weighted by Gasteiger charge is 2.24. The molecule has 28 heavy (non-hydrogen) atoms. The Hall–Kier alpha value is -3.22. The van der Waals surface area contributed by atoms with E-state index in [4.69, 9.17) is 18.9 Å². The van der Waals surface area contributed by atoms with Crippen molar-refractivity contribution in [3.63, 3.8) is 0 Å². The Labute approximate surface area is 164 Å². The third-order valence-electron chi connectivity index (χ3n) is 4.31. The topological polar surface area (TPSA) is 83.1 Å². The maximum Gasteiger partial charge on any atom is 0.342 e. The van der Waals surface area contributed by atoms with E-state index in [-0.39, 0.29) is 11.3 Å². The number of carbonyl (C=O) groups is 2. The highest BCUT2D eigenvalue weighted by Crippen LogP contribution is 2.35. The first-order chi connectivity index (χ1) is 13.3. The smallest absolute Gasteiger partial charge is 0.342 e. The van der Waals surface area contributed by atoms with Crippen LogP contribution in [0.2, 0.25) is 0 Å². The molecule has 0 aromatic heterocycles. The van der Waals surface area contributed by atoms with Crippen LogP contribution in [0, 0.1) is 13.8 Å². The molecule has 7 nitrogen and oxygen atoms in total. The van der Waals surface area contributed by atoms with Crippen molar-refractivity contribution in [1.82, 2.24) is 0 Å². The molecule has 0 aliphatic carbocycles. The number of para-hydroxylation sites is 1. The lowest BCUT2D eigenvalue weighted by Gasteiger charge is -2.18. The van der Waals surface area contributed by atoms with E-state index in [1.165, 1.54) is 40.4 Å². The summed E-state index contributed by atoms with van der Waals surface area (Å²) in [7, 11) is 4.37. The minimum Gasteiger partial charge on any atom is -0.496 e. The molecule has 2 aromatic rings. The summed E-state index contributed by atoms with van der Waals surface area (Å²) >= 11 is 0. The van der Waals surface area contributed by atoms with E-state index in [0.717, 1.165) is 11.1 Å². The Bertz CT molecular complexity index is 857. The molecule has 0 aliphatic heterocycles. The number of hydrogen-bond donors (Lipinski definition) is 1. The second kappa shape index (κ2) is 9.12. The van der Waals surface area contributed by atoms with E-state index in [1.54, 1.807) is 0 Å². The van der Waals surface area contributed by atoms with Gasteiger partial charge in [0, 0.05) is 17.8 Å². The van der Waals surface area contributed by atoms with Crippen LogP contribution in [0.15, 0.2) is 30.3 Å². The van der Waals surface area contributed by atoms with Crippen molar-refractivity contribution in [3.8, 4) is 17.2 Å². The minimum atomic E-state index is -1.01. The van der Waals surface area contributed by atoms with Crippen LogP contribution in [0.1, 0.15) is 28.4 Å². The molecular weight excluding hydrogens is 362 g/mol. The molecule has 2 rings (SSSR count). The minimum absolute atomic E-state index is 0.131. The van der Waals surface area contributed by atoms with E-state index < -0.39 is 18.0 Å². The number of nitrogens with one attached hydrogen (secondary N) is 1. The van der Waals surface area contributed by atoms with Gasteiger partial charge >= 0.3 is 5.97 Å². The average molecular weight is 387 g/mol. The molecule has 0 radical (unpaired) electrons. The molecule has 150 valence electrons. The second-order valence-electron chi connectivity index (χ2n) is 6.21. The van der Waals surface area contributed by atoms with Crippen LogP contribution in [0.4, 0.5) is 5.69 Å². The Morgan fingerprint density at radius 3 is 1.96 bits per heavy atom. The van der Waals surface area contributed by atoms with Crippen molar-refractivity contribution < 1.29 is 28.5 Å². The largest absolute Gasteiger partial charge is 0.496 e. The van der Waals surface area contributed by atoms with Crippen molar-refractivity contribution in [1.29, 1.82) is 0 Å². The molecule has 0 saturated carbocycles.